The van der Waals surface area contributed by atoms with Gasteiger partial charge in [-0.3, -0.25) is 4.79 Å². The third kappa shape index (κ3) is 3.20. The van der Waals surface area contributed by atoms with Crippen molar-refractivity contribution >= 4 is 11.6 Å². The molecule has 3 nitrogen and oxygen atoms in total. The Labute approximate surface area is 121 Å². The van der Waals surface area contributed by atoms with Gasteiger partial charge >= 0.3 is 0 Å². The number of anilines is 1. The van der Waals surface area contributed by atoms with E-state index in [1.165, 1.54) is 0 Å². The van der Waals surface area contributed by atoms with Crippen molar-refractivity contribution < 1.29 is 18.0 Å². The van der Waals surface area contributed by atoms with Gasteiger partial charge in [-0.15, -0.1) is 0 Å². The minimum atomic E-state index is -1.55. The lowest BCUT2D eigenvalue weighted by atomic mass is 9.70. The van der Waals surface area contributed by atoms with Crippen LogP contribution < -0.4 is 11.1 Å². The maximum atomic E-state index is 13.2. The van der Waals surface area contributed by atoms with Gasteiger partial charge in [0.2, 0.25) is 5.91 Å². The summed E-state index contributed by atoms with van der Waals surface area (Å²) in [6.45, 7) is 2.29. The van der Waals surface area contributed by atoms with E-state index in [0.717, 1.165) is 25.0 Å². The van der Waals surface area contributed by atoms with Crippen molar-refractivity contribution in [1.82, 2.24) is 0 Å². The normalized spacial score (nSPS) is 25.7. The number of halogens is 3. The lowest BCUT2D eigenvalue weighted by molar-refractivity contribution is -0.127. The number of carbonyl (C=O) groups excluding carboxylic acids is 1. The molecule has 21 heavy (non-hydrogen) atoms. The molecule has 6 heteroatoms. The lowest BCUT2D eigenvalue weighted by Crippen LogP contribution is -2.44. The molecule has 1 amide bonds. The highest BCUT2D eigenvalue weighted by Gasteiger charge is 2.39. The summed E-state index contributed by atoms with van der Waals surface area (Å²) in [7, 11) is 0. The topological polar surface area (TPSA) is 55.1 Å². The van der Waals surface area contributed by atoms with E-state index in [0.29, 0.717) is 18.8 Å². The van der Waals surface area contributed by atoms with Crippen LogP contribution >= 0.6 is 0 Å². The SMILES string of the molecule is CC1CCC(CN)(C(=O)Nc2cc(F)c(F)c(F)c2)CC1. The Morgan fingerprint density at radius 2 is 1.81 bits per heavy atom. The van der Waals surface area contributed by atoms with Crippen molar-refractivity contribution in [3.63, 3.8) is 0 Å². The zero-order valence-electron chi connectivity index (χ0n) is 11.9. The molecule has 1 aliphatic carbocycles. The molecule has 0 heterocycles. The number of benzene rings is 1. The molecule has 0 radical (unpaired) electrons. The van der Waals surface area contributed by atoms with Crippen LogP contribution in [0.25, 0.3) is 0 Å². The lowest BCUT2D eigenvalue weighted by Gasteiger charge is -2.37. The quantitative estimate of drug-likeness (QED) is 0.842. The van der Waals surface area contributed by atoms with Gasteiger partial charge in [-0.2, -0.15) is 0 Å². The minimum absolute atomic E-state index is 0.0946. The Morgan fingerprint density at radius 3 is 2.29 bits per heavy atom. The van der Waals surface area contributed by atoms with E-state index in [4.69, 9.17) is 5.73 Å². The summed E-state index contributed by atoms with van der Waals surface area (Å²) in [6.07, 6.45) is 3.05. The summed E-state index contributed by atoms with van der Waals surface area (Å²) in [4.78, 5) is 12.4. The molecule has 1 aromatic carbocycles. The Hall–Kier alpha value is -1.56. The molecular formula is C15H19F3N2O. The van der Waals surface area contributed by atoms with Crippen LogP contribution in [0.2, 0.25) is 0 Å². The van der Waals surface area contributed by atoms with Crippen LogP contribution in [0.5, 0.6) is 0 Å². The predicted octanol–water partition coefficient (Wildman–Crippen LogP) is 3.20. The van der Waals surface area contributed by atoms with Gasteiger partial charge < -0.3 is 11.1 Å². The number of nitrogens with two attached hydrogens (primary N) is 1. The van der Waals surface area contributed by atoms with Crippen LogP contribution in [-0.4, -0.2) is 12.5 Å². The van der Waals surface area contributed by atoms with Gasteiger partial charge in [-0.05, 0) is 31.6 Å². The van der Waals surface area contributed by atoms with Crippen molar-refractivity contribution in [1.29, 1.82) is 0 Å². The van der Waals surface area contributed by atoms with Crippen LogP contribution in [-0.2, 0) is 4.79 Å². The number of amides is 1. The predicted molar refractivity (Wildman–Crippen MR) is 74.1 cm³/mol. The number of carbonyl (C=O) groups is 1. The summed E-state index contributed by atoms with van der Waals surface area (Å²) < 4.78 is 39.2. The standard InChI is InChI=1S/C15H19F3N2O/c1-9-2-4-15(8-19,5-3-9)14(21)20-10-6-11(16)13(18)12(17)7-10/h6-7,9H,2-5,8,19H2,1H3,(H,20,21). The first-order chi connectivity index (χ1) is 9.88. The van der Waals surface area contributed by atoms with Crippen molar-refractivity contribution in [2.45, 2.75) is 32.6 Å². The van der Waals surface area contributed by atoms with E-state index in [9.17, 15) is 18.0 Å². The molecule has 0 aromatic heterocycles. The van der Waals surface area contributed by atoms with Gasteiger partial charge in [0.1, 0.15) is 0 Å². The Morgan fingerprint density at radius 1 is 1.29 bits per heavy atom. The first-order valence-electron chi connectivity index (χ1n) is 7.04. The fourth-order valence-electron chi connectivity index (χ4n) is 2.73. The highest BCUT2D eigenvalue weighted by Crippen LogP contribution is 2.39. The van der Waals surface area contributed by atoms with Gasteiger partial charge in [-0.25, -0.2) is 13.2 Å². The van der Waals surface area contributed by atoms with Crippen LogP contribution in [0.3, 0.4) is 0 Å². The third-order valence-corrected chi connectivity index (χ3v) is 4.35. The summed E-state index contributed by atoms with van der Waals surface area (Å²) in [5.74, 6) is -4.03. The molecule has 1 aliphatic rings. The van der Waals surface area contributed by atoms with Crippen LogP contribution in [0.15, 0.2) is 12.1 Å². The first-order valence-corrected chi connectivity index (χ1v) is 7.04. The van der Waals surface area contributed by atoms with Gasteiger partial charge in [0.05, 0.1) is 5.41 Å². The Kier molecular flexibility index (Phi) is 4.56. The van der Waals surface area contributed by atoms with E-state index in [2.05, 4.69) is 12.2 Å². The molecule has 0 bridgehead atoms. The summed E-state index contributed by atoms with van der Waals surface area (Å²) >= 11 is 0. The Balaban J connectivity index is 2.16. The molecular weight excluding hydrogens is 281 g/mol. The molecule has 0 aliphatic heterocycles. The molecule has 0 unspecified atom stereocenters. The molecule has 1 aromatic rings. The molecule has 0 saturated heterocycles. The molecule has 1 fully saturated rings. The summed E-state index contributed by atoms with van der Waals surface area (Å²) in [5.41, 5.74) is 4.94. The smallest absolute Gasteiger partial charge is 0.231 e. The van der Waals surface area contributed by atoms with Crippen molar-refractivity contribution in [2.75, 3.05) is 11.9 Å². The van der Waals surface area contributed by atoms with Crippen molar-refractivity contribution in [2.24, 2.45) is 17.1 Å². The average Bonchev–Trinajstić information content (AvgIpc) is 2.45. The van der Waals surface area contributed by atoms with E-state index < -0.39 is 22.9 Å². The van der Waals surface area contributed by atoms with E-state index in [1.54, 1.807) is 0 Å². The summed E-state index contributed by atoms with van der Waals surface area (Å²) in [5, 5.41) is 2.46. The maximum absolute atomic E-state index is 13.2. The van der Waals surface area contributed by atoms with Gasteiger partial charge in [0.25, 0.3) is 0 Å². The first kappa shape index (κ1) is 15.8. The van der Waals surface area contributed by atoms with Gasteiger partial charge in [-0.1, -0.05) is 6.92 Å². The van der Waals surface area contributed by atoms with Crippen LogP contribution in [0, 0.1) is 28.8 Å². The number of hydrogen-bond acceptors (Lipinski definition) is 2. The molecule has 1 saturated carbocycles. The van der Waals surface area contributed by atoms with E-state index in [1.807, 2.05) is 0 Å². The third-order valence-electron chi connectivity index (χ3n) is 4.35. The van der Waals surface area contributed by atoms with E-state index in [-0.39, 0.29) is 18.1 Å². The highest BCUT2D eigenvalue weighted by atomic mass is 19.2. The zero-order chi connectivity index (χ0) is 15.6. The van der Waals surface area contributed by atoms with Gasteiger partial charge in [0.15, 0.2) is 17.5 Å². The molecule has 116 valence electrons. The monoisotopic (exact) mass is 300 g/mol. The zero-order valence-corrected chi connectivity index (χ0v) is 11.9. The fraction of sp³-hybridized carbons (Fsp3) is 0.533. The average molecular weight is 300 g/mol. The minimum Gasteiger partial charge on any atom is -0.329 e. The second-order valence-electron chi connectivity index (χ2n) is 5.87. The highest BCUT2D eigenvalue weighted by molar-refractivity contribution is 5.95. The number of rotatable bonds is 3. The van der Waals surface area contributed by atoms with Crippen LogP contribution in [0.4, 0.5) is 18.9 Å². The maximum Gasteiger partial charge on any atom is 0.231 e. The Bertz CT molecular complexity index is 517. The largest absolute Gasteiger partial charge is 0.329 e. The molecule has 0 atom stereocenters. The molecule has 0 spiro atoms. The van der Waals surface area contributed by atoms with Crippen LogP contribution in [0.1, 0.15) is 32.6 Å². The van der Waals surface area contributed by atoms with Gasteiger partial charge in [0, 0.05) is 24.4 Å². The second kappa shape index (κ2) is 6.05. The molecule has 3 N–H and O–H groups in total. The van der Waals surface area contributed by atoms with Crippen molar-refractivity contribution in [3.05, 3.63) is 29.6 Å². The fourth-order valence-corrected chi connectivity index (χ4v) is 2.73. The summed E-state index contributed by atoms with van der Waals surface area (Å²) in [6, 6.07) is 1.54. The second-order valence-corrected chi connectivity index (χ2v) is 5.87. The number of hydrogen-bond donors (Lipinski definition) is 2. The van der Waals surface area contributed by atoms with E-state index >= 15 is 0 Å². The van der Waals surface area contributed by atoms with Crippen molar-refractivity contribution in [3.8, 4) is 0 Å². The number of nitrogens with one attached hydrogen (secondary N) is 1. The molecule has 2 rings (SSSR count).